The van der Waals surface area contributed by atoms with Crippen LogP contribution < -0.4 is 5.32 Å². The van der Waals surface area contributed by atoms with Crippen LogP contribution in [-0.4, -0.2) is 24.5 Å². The Labute approximate surface area is 150 Å². The van der Waals surface area contributed by atoms with Gasteiger partial charge in [-0.1, -0.05) is 32.4 Å². The number of rotatable bonds is 4. The predicted octanol–water partition coefficient (Wildman–Crippen LogP) is 3.40. The molecule has 0 saturated heterocycles. The summed E-state index contributed by atoms with van der Waals surface area (Å²) in [5.41, 5.74) is 1.81. The van der Waals surface area contributed by atoms with Crippen LogP contribution >= 0.6 is 11.6 Å². The van der Waals surface area contributed by atoms with E-state index in [1.165, 1.54) is 0 Å². The zero-order valence-corrected chi connectivity index (χ0v) is 15.0. The molecule has 0 aromatic carbocycles. The maximum atomic E-state index is 9.08. The molecule has 25 heavy (non-hydrogen) atoms. The van der Waals surface area contributed by atoms with Crippen molar-refractivity contribution in [3.8, 4) is 6.07 Å². The number of nitrogens with one attached hydrogen (secondary N) is 1. The fraction of sp³-hybridized carbons (Fsp3) is 0.353. The highest BCUT2D eigenvalue weighted by Crippen LogP contribution is 2.24. The monoisotopic (exact) mass is 355 g/mol. The van der Waals surface area contributed by atoms with Crippen molar-refractivity contribution >= 4 is 28.6 Å². The molecule has 3 aromatic rings. The first-order valence-electron chi connectivity index (χ1n) is 7.83. The number of anilines is 1. The Kier molecular flexibility index (Phi) is 4.55. The maximum absolute atomic E-state index is 9.08. The second-order valence-electron chi connectivity index (χ2n) is 6.92. The molecule has 3 heterocycles. The third-order valence-corrected chi connectivity index (χ3v) is 3.71. The molecule has 7 nitrogen and oxygen atoms in total. The van der Waals surface area contributed by atoms with Crippen molar-refractivity contribution in [2.24, 2.45) is 5.41 Å². The summed E-state index contributed by atoms with van der Waals surface area (Å²) in [5, 5.41) is 13.5. The quantitative estimate of drug-likeness (QED) is 0.721. The summed E-state index contributed by atoms with van der Waals surface area (Å²) >= 11 is 5.90. The number of hydrogen-bond donors (Lipinski definition) is 1. The van der Waals surface area contributed by atoms with Gasteiger partial charge in [-0.05, 0) is 17.5 Å². The number of nitrogens with zero attached hydrogens (tertiary/aromatic N) is 6. The van der Waals surface area contributed by atoms with Crippen molar-refractivity contribution in [3.05, 3.63) is 41.2 Å². The molecular formula is C17H18ClN7. The van der Waals surface area contributed by atoms with E-state index in [2.05, 4.69) is 50.6 Å². The molecular weight excluding hydrogens is 338 g/mol. The fourth-order valence-corrected chi connectivity index (χ4v) is 2.67. The third kappa shape index (κ3) is 4.03. The molecule has 0 aliphatic carbocycles. The van der Waals surface area contributed by atoms with Gasteiger partial charge >= 0.3 is 0 Å². The van der Waals surface area contributed by atoms with E-state index in [0.29, 0.717) is 17.6 Å². The van der Waals surface area contributed by atoms with Gasteiger partial charge in [0.2, 0.25) is 11.8 Å². The summed E-state index contributed by atoms with van der Waals surface area (Å²) in [7, 11) is 0. The van der Waals surface area contributed by atoms with Crippen LogP contribution in [0.4, 0.5) is 5.95 Å². The topological polar surface area (TPSA) is 92.3 Å². The minimum atomic E-state index is 0.0466. The molecule has 0 aliphatic rings. The first-order chi connectivity index (χ1) is 11.9. The van der Waals surface area contributed by atoms with E-state index in [1.54, 1.807) is 18.5 Å². The van der Waals surface area contributed by atoms with Gasteiger partial charge < -0.3 is 9.88 Å². The molecule has 0 spiro atoms. The normalized spacial score (nSPS) is 11.5. The Morgan fingerprint density at radius 1 is 1.28 bits per heavy atom. The molecule has 8 heteroatoms. The van der Waals surface area contributed by atoms with E-state index in [-0.39, 0.29) is 11.2 Å². The van der Waals surface area contributed by atoms with Crippen molar-refractivity contribution in [2.45, 2.75) is 33.9 Å². The Morgan fingerprint density at radius 2 is 2.08 bits per heavy atom. The van der Waals surface area contributed by atoms with Gasteiger partial charge in [0.15, 0.2) is 0 Å². The average molecular weight is 356 g/mol. The van der Waals surface area contributed by atoms with Crippen LogP contribution in [0.2, 0.25) is 5.15 Å². The van der Waals surface area contributed by atoms with E-state index >= 15 is 0 Å². The molecule has 128 valence electrons. The van der Waals surface area contributed by atoms with E-state index in [4.69, 9.17) is 16.9 Å². The number of nitriles is 1. The summed E-state index contributed by atoms with van der Waals surface area (Å²) in [4.78, 5) is 16.7. The summed E-state index contributed by atoms with van der Waals surface area (Å²) in [5.74, 6) is 0.627. The van der Waals surface area contributed by atoms with Gasteiger partial charge in [-0.25, -0.2) is 19.9 Å². The molecule has 3 rings (SSSR count). The molecule has 0 bridgehead atoms. The summed E-state index contributed by atoms with van der Waals surface area (Å²) in [6.07, 6.45) is 3.28. The summed E-state index contributed by atoms with van der Waals surface area (Å²) in [6.45, 7) is 7.73. The predicted molar refractivity (Wildman–Crippen MR) is 96.1 cm³/mol. The van der Waals surface area contributed by atoms with Crippen molar-refractivity contribution in [2.75, 3.05) is 5.32 Å². The lowest BCUT2D eigenvalue weighted by Gasteiger charge is -2.21. The van der Waals surface area contributed by atoms with E-state index in [0.717, 1.165) is 23.3 Å². The first kappa shape index (κ1) is 17.1. The van der Waals surface area contributed by atoms with Crippen LogP contribution in [0.3, 0.4) is 0 Å². The average Bonchev–Trinajstić information content (AvgIpc) is 2.88. The second-order valence-corrected chi connectivity index (χ2v) is 7.31. The molecule has 1 N–H and O–H groups in total. The summed E-state index contributed by atoms with van der Waals surface area (Å²) in [6, 6.07) is 5.64. The third-order valence-electron chi connectivity index (χ3n) is 3.50. The van der Waals surface area contributed by atoms with Gasteiger partial charge in [-0.3, -0.25) is 0 Å². The highest BCUT2D eigenvalue weighted by Gasteiger charge is 2.18. The number of fused-ring (bicyclic) bond motifs is 1. The van der Waals surface area contributed by atoms with Crippen LogP contribution in [-0.2, 0) is 13.1 Å². The zero-order chi connectivity index (χ0) is 18.0. The van der Waals surface area contributed by atoms with Crippen LogP contribution in [0.15, 0.2) is 24.5 Å². The highest BCUT2D eigenvalue weighted by molar-refractivity contribution is 6.29. The van der Waals surface area contributed by atoms with Gasteiger partial charge in [0.25, 0.3) is 0 Å². The van der Waals surface area contributed by atoms with E-state index < -0.39 is 0 Å². The molecule has 0 atom stereocenters. The zero-order valence-electron chi connectivity index (χ0n) is 14.3. The van der Waals surface area contributed by atoms with Gasteiger partial charge in [0.05, 0.1) is 6.54 Å². The number of hydrogen-bond acceptors (Lipinski definition) is 6. The van der Waals surface area contributed by atoms with Gasteiger partial charge in [0.1, 0.15) is 16.9 Å². The minimum absolute atomic E-state index is 0.0466. The first-order valence-corrected chi connectivity index (χ1v) is 8.21. The van der Waals surface area contributed by atoms with E-state index in [1.807, 2.05) is 12.1 Å². The van der Waals surface area contributed by atoms with Crippen molar-refractivity contribution in [1.82, 2.24) is 24.5 Å². The van der Waals surface area contributed by atoms with Crippen LogP contribution in [0.25, 0.3) is 11.0 Å². The van der Waals surface area contributed by atoms with Crippen LogP contribution in [0.1, 0.15) is 32.3 Å². The van der Waals surface area contributed by atoms with Crippen LogP contribution in [0.5, 0.6) is 0 Å². The Morgan fingerprint density at radius 3 is 2.76 bits per heavy atom. The molecule has 0 saturated carbocycles. The summed E-state index contributed by atoms with van der Waals surface area (Å²) < 4.78 is 2.11. The SMILES string of the molecule is CC(C)(C)Cn1c(CNc2nccc(Cl)n2)cc2cnc(C#N)nc21. The van der Waals surface area contributed by atoms with Gasteiger partial charge in [-0.2, -0.15) is 5.26 Å². The van der Waals surface area contributed by atoms with Crippen molar-refractivity contribution in [1.29, 1.82) is 5.26 Å². The molecule has 0 aliphatic heterocycles. The smallest absolute Gasteiger partial charge is 0.234 e. The lowest BCUT2D eigenvalue weighted by Crippen LogP contribution is -2.19. The molecule has 0 amide bonds. The lowest BCUT2D eigenvalue weighted by atomic mass is 9.97. The fourth-order valence-electron chi connectivity index (χ4n) is 2.54. The second kappa shape index (κ2) is 6.65. The van der Waals surface area contributed by atoms with Gasteiger partial charge in [0, 0.05) is 30.0 Å². The number of halogens is 1. The van der Waals surface area contributed by atoms with Crippen molar-refractivity contribution in [3.63, 3.8) is 0 Å². The van der Waals surface area contributed by atoms with E-state index in [9.17, 15) is 0 Å². The molecule has 0 unspecified atom stereocenters. The Hall–Kier alpha value is -2.72. The molecule has 0 radical (unpaired) electrons. The molecule has 0 fully saturated rings. The Bertz CT molecular complexity index is 950. The molecule has 3 aromatic heterocycles. The van der Waals surface area contributed by atoms with Gasteiger partial charge in [-0.15, -0.1) is 0 Å². The maximum Gasteiger partial charge on any atom is 0.234 e. The minimum Gasteiger partial charge on any atom is -0.349 e. The lowest BCUT2D eigenvalue weighted by molar-refractivity contribution is 0.344. The number of aromatic nitrogens is 5. The largest absolute Gasteiger partial charge is 0.349 e. The van der Waals surface area contributed by atoms with Crippen molar-refractivity contribution < 1.29 is 0 Å². The standard InChI is InChI=1S/C17H18ClN7/c1-17(2,3)10-25-12(9-22-16-20-5-4-13(18)23-16)6-11-8-21-14(7-19)24-15(11)25/h4-6,8H,9-10H2,1-3H3,(H,20,22,23). The van der Waals surface area contributed by atoms with Crippen LogP contribution in [0, 0.1) is 16.7 Å². The highest BCUT2D eigenvalue weighted by atomic mass is 35.5. The Balaban J connectivity index is 1.98.